The van der Waals surface area contributed by atoms with Gasteiger partial charge in [-0.05, 0) is 48.9 Å². The first kappa shape index (κ1) is 20.4. The molecule has 32 heavy (non-hydrogen) atoms. The summed E-state index contributed by atoms with van der Waals surface area (Å²) in [7, 11) is 0. The highest BCUT2D eigenvalue weighted by Gasteiger charge is 2.27. The average molecular weight is 463 g/mol. The fraction of sp³-hybridized carbons (Fsp3) is 0.0833. The zero-order valence-corrected chi connectivity index (χ0v) is 18.4. The Hall–Kier alpha value is -3.48. The van der Waals surface area contributed by atoms with Crippen molar-refractivity contribution in [3.05, 3.63) is 99.7 Å². The second-order valence-corrected chi connectivity index (χ2v) is 8.19. The lowest BCUT2D eigenvalue weighted by molar-refractivity contribution is 0.0995. The highest BCUT2D eigenvalue weighted by molar-refractivity contribution is 6.36. The summed E-state index contributed by atoms with van der Waals surface area (Å²) in [5.74, 6) is -0.264. The van der Waals surface area contributed by atoms with Crippen molar-refractivity contribution >= 4 is 39.9 Å². The third-order valence-electron chi connectivity index (χ3n) is 5.18. The van der Waals surface area contributed by atoms with E-state index in [1.165, 1.54) is 0 Å². The van der Waals surface area contributed by atoms with Gasteiger partial charge in [0.2, 0.25) is 5.82 Å². The van der Waals surface area contributed by atoms with E-state index in [1.54, 1.807) is 24.5 Å². The van der Waals surface area contributed by atoms with Crippen LogP contribution in [0, 0.1) is 6.92 Å². The summed E-state index contributed by atoms with van der Waals surface area (Å²) < 4.78 is 7.18. The molecule has 0 unspecified atom stereocenters. The summed E-state index contributed by atoms with van der Waals surface area (Å²) in [5.41, 5.74) is 3.84. The molecule has 0 aliphatic heterocycles. The smallest absolute Gasteiger partial charge is 0.299 e. The van der Waals surface area contributed by atoms with Gasteiger partial charge in [-0.25, -0.2) is 0 Å². The summed E-state index contributed by atoms with van der Waals surface area (Å²) in [6, 6.07) is 16.9. The molecule has 0 bridgehead atoms. The fourth-order valence-corrected chi connectivity index (χ4v) is 4.08. The number of carbonyl (C=O) groups is 1. The van der Waals surface area contributed by atoms with Crippen molar-refractivity contribution in [3.63, 3.8) is 0 Å². The first-order valence-electron chi connectivity index (χ1n) is 9.83. The van der Waals surface area contributed by atoms with E-state index in [4.69, 9.17) is 27.7 Å². The summed E-state index contributed by atoms with van der Waals surface area (Å²) in [5, 5.41) is 5.63. The third-order valence-corrected chi connectivity index (χ3v) is 5.82. The molecule has 0 N–H and O–H groups in total. The van der Waals surface area contributed by atoms with Gasteiger partial charge < -0.3 is 9.09 Å². The van der Waals surface area contributed by atoms with Gasteiger partial charge in [-0.1, -0.05) is 52.1 Å². The summed E-state index contributed by atoms with van der Waals surface area (Å²) >= 11 is 12.8. The van der Waals surface area contributed by atoms with E-state index in [2.05, 4.69) is 15.1 Å². The Bertz CT molecular complexity index is 1440. The molecule has 0 saturated heterocycles. The maximum Gasteiger partial charge on any atom is 0.299 e. The number of hydrogen-bond acceptors (Lipinski definition) is 5. The predicted molar refractivity (Wildman–Crippen MR) is 123 cm³/mol. The van der Waals surface area contributed by atoms with Gasteiger partial charge in [-0.3, -0.25) is 9.78 Å². The van der Waals surface area contributed by atoms with Gasteiger partial charge in [-0.15, -0.1) is 0 Å². The number of rotatable bonds is 5. The van der Waals surface area contributed by atoms with Crippen LogP contribution < -0.4 is 0 Å². The number of aromatic nitrogens is 4. The molecule has 3 aromatic heterocycles. The monoisotopic (exact) mass is 462 g/mol. The van der Waals surface area contributed by atoms with Crippen molar-refractivity contribution < 1.29 is 9.32 Å². The Morgan fingerprint density at radius 1 is 1.09 bits per heavy atom. The van der Waals surface area contributed by atoms with Crippen LogP contribution in [0.3, 0.4) is 0 Å². The Morgan fingerprint density at radius 2 is 1.91 bits per heavy atom. The maximum absolute atomic E-state index is 13.4. The van der Waals surface area contributed by atoms with Crippen molar-refractivity contribution in [1.82, 2.24) is 19.7 Å². The lowest BCUT2D eigenvalue weighted by Gasteiger charge is -2.08. The van der Waals surface area contributed by atoms with E-state index in [9.17, 15) is 4.79 Å². The molecule has 0 amide bonds. The number of nitrogens with zero attached hydrogens (tertiary/aromatic N) is 4. The zero-order valence-electron chi connectivity index (χ0n) is 16.9. The molecular weight excluding hydrogens is 447 g/mol. The lowest BCUT2D eigenvalue weighted by atomic mass is 10.1. The van der Waals surface area contributed by atoms with E-state index >= 15 is 0 Å². The van der Waals surface area contributed by atoms with Gasteiger partial charge >= 0.3 is 0 Å². The van der Waals surface area contributed by atoms with Crippen LogP contribution in [0.5, 0.6) is 0 Å². The van der Waals surface area contributed by atoms with E-state index in [0.29, 0.717) is 33.7 Å². The van der Waals surface area contributed by atoms with Crippen LogP contribution in [-0.4, -0.2) is 25.5 Å². The minimum atomic E-state index is -0.428. The Kier molecular flexibility index (Phi) is 5.25. The van der Waals surface area contributed by atoms with E-state index in [1.807, 2.05) is 54.0 Å². The highest BCUT2D eigenvalue weighted by Crippen LogP contribution is 2.33. The van der Waals surface area contributed by atoms with Gasteiger partial charge in [0.15, 0.2) is 0 Å². The molecule has 0 atom stereocenters. The van der Waals surface area contributed by atoms with Crippen LogP contribution in [0.4, 0.5) is 0 Å². The second-order valence-electron chi connectivity index (χ2n) is 7.39. The molecule has 0 saturated carbocycles. The molecule has 0 radical (unpaired) electrons. The van der Waals surface area contributed by atoms with Gasteiger partial charge in [-0.2, -0.15) is 4.98 Å². The number of benzene rings is 2. The number of pyridine rings is 1. The number of fused-ring (bicyclic) bond motifs is 1. The van der Waals surface area contributed by atoms with Crippen LogP contribution in [0.25, 0.3) is 22.3 Å². The van der Waals surface area contributed by atoms with Crippen molar-refractivity contribution in [2.45, 2.75) is 13.5 Å². The first-order chi connectivity index (χ1) is 15.5. The van der Waals surface area contributed by atoms with Crippen LogP contribution in [0.1, 0.15) is 27.4 Å². The number of halogens is 2. The standard InChI is InChI=1S/C24H16Cl2N4O2/c1-14-4-9-19-18(11-14)20(22(26)30(19)13-15-5-7-17(25)8-6-15)21(31)24-28-23(29-32-24)16-3-2-10-27-12-16/h2-12H,13H2,1H3. The SMILES string of the molecule is Cc1ccc2c(c1)c(C(=O)c1nc(-c3cccnc3)no1)c(Cl)n2Cc1ccc(Cl)cc1. The average Bonchev–Trinajstić information content (AvgIpc) is 3.39. The third kappa shape index (κ3) is 3.68. The van der Waals surface area contributed by atoms with Crippen LogP contribution >= 0.6 is 23.2 Å². The van der Waals surface area contributed by atoms with Crippen molar-refractivity contribution in [2.24, 2.45) is 0 Å². The van der Waals surface area contributed by atoms with Gasteiger partial charge in [0.1, 0.15) is 5.15 Å². The fourth-order valence-electron chi connectivity index (χ4n) is 3.62. The highest BCUT2D eigenvalue weighted by atomic mass is 35.5. The molecule has 5 rings (SSSR count). The number of aryl methyl sites for hydroxylation is 1. The normalized spacial score (nSPS) is 11.2. The maximum atomic E-state index is 13.4. The minimum absolute atomic E-state index is 0.127. The minimum Gasteiger partial charge on any atom is -0.330 e. The molecule has 158 valence electrons. The van der Waals surface area contributed by atoms with Crippen LogP contribution in [0.2, 0.25) is 10.2 Å². The topological polar surface area (TPSA) is 73.8 Å². The van der Waals surface area contributed by atoms with Gasteiger partial charge in [0.05, 0.1) is 11.1 Å². The van der Waals surface area contributed by atoms with Crippen molar-refractivity contribution in [1.29, 1.82) is 0 Å². The molecule has 0 aliphatic carbocycles. The number of ketones is 1. The second kappa shape index (κ2) is 8.22. The number of hydrogen-bond donors (Lipinski definition) is 0. The summed E-state index contributed by atoms with van der Waals surface area (Å²) in [6.07, 6.45) is 3.25. The molecule has 0 fully saturated rings. The Morgan fingerprint density at radius 3 is 2.66 bits per heavy atom. The zero-order chi connectivity index (χ0) is 22.2. The van der Waals surface area contributed by atoms with Gasteiger partial charge in [0.25, 0.3) is 11.7 Å². The molecule has 0 spiro atoms. The van der Waals surface area contributed by atoms with Crippen molar-refractivity contribution in [2.75, 3.05) is 0 Å². The van der Waals surface area contributed by atoms with Gasteiger partial charge in [0, 0.05) is 34.9 Å². The quantitative estimate of drug-likeness (QED) is 0.300. The molecular formula is C24H16Cl2N4O2. The lowest BCUT2D eigenvalue weighted by Crippen LogP contribution is -2.04. The molecule has 0 aliphatic rings. The molecule has 3 heterocycles. The number of carbonyl (C=O) groups excluding carboxylic acids is 1. The summed E-state index contributed by atoms with van der Waals surface area (Å²) in [6.45, 7) is 2.44. The van der Waals surface area contributed by atoms with Crippen molar-refractivity contribution in [3.8, 4) is 11.4 Å². The molecule has 2 aromatic carbocycles. The predicted octanol–water partition coefficient (Wildman–Crippen LogP) is 5.98. The Balaban J connectivity index is 1.60. The van der Waals surface area contributed by atoms with Crippen LogP contribution in [0.15, 0.2) is 71.5 Å². The molecule has 8 heteroatoms. The van der Waals surface area contributed by atoms with E-state index < -0.39 is 5.78 Å². The largest absolute Gasteiger partial charge is 0.330 e. The van der Waals surface area contributed by atoms with E-state index in [0.717, 1.165) is 22.0 Å². The first-order valence-corrected chi connectivity index (χ1v) is 10.6. The van der Waals surface area contributed by atoms with E-state index in [-0.39, 0.29) is 5.89 Å². The molecule has 6 nitrogen and oxygen atoms in total. The van der Waals surface area contributed by atoms with Crippen LogP contribution in [-0.2, 0) is 6.54 Å². The Labute approximate surface area is 193 Å². The molecule has 5 aromatic rings. The summed E-state index contributed by atoms with van der Waals surface area (Å²) in [4.78, 5) is 21.7.